The normalized spacial score (nSPS) is 17.2. The van der Waals surface area contributed by atoms with E-state index < -0.39 is 17.4 Å². The number of aromatic nitrogens is 4. The fourth-order valence-electron chi connectivity index (χ4n) is 5.82. The average Bonchev–Trinajstić information content (AvgIpc) is 3.57. The van der Waals surface area contributed by atoms with Crippen molar-refractivity contribution in [2.75, 3.05) is 35.8 Å². The highest BCUT2D eigenvalue weighted by atomic mass is 35.5. The number of imidazole rings is 1. The lowest BCUT2D eigenvalue weighted by Crippen LogP contribution is -2.51. The van der Waals surface area contributed by atoms with Gasteiger partial charge in [-0.2, -0.15) is 4.98 Å². The summed E-state index contributed by atoms with van der Waals surface area (Å²) in [6.45, 7) is 8.51. The number of carbonyl (C=O) groups excluding carboxylic acids is 2. The minimum atomic E-state index is -1.59. The summed E-state index contributed by atoms with van der Waals surface area (Å²) >= 11 is 12.8. The molecule has 1 N–H and O–H groups in total. The number of anilines is 3. The van der Waals surface area contributed by atoms with Gasteiger partial charge in [-0.25, -0.2) is 9.97 Å². The highest BCUT2D eigenvalue weighted by molar-refractivity contribution is 6.32. The molecule has 0 saturated heterocycles. The molecular weight excluding hydrogens is 577 g/mol. The predicted octanol–water partition coefficient (Wildman–Crippen LogP) is 5.86. The standard InChI is InChI=1S/C30H29Cl2N7O3/c1-7-37(5)29-33-14-19(26(36-29)42-6)25-35-23-24(38(25)15(2)3)30(20-11-10-17(31)12-21(20)34-28(30)41)39(27(23)40)22-13-18(32)9-8-16(22)4/h8-15H,7H2,1-6H3,(H,34,41). The van der Waals surface area contributed by atoms with Crippen molar-refractivity contribution in [3.05, 3.63) is 75.2 Å². The maximum Gasteiger partial charge on any atom is 0.280 e. The number of carbonyl (C=O) groups is 2. The molecule has 42 heavy (non-hydrogen) atoms. The second-order valence-electron chi connectivity index (χ2n) is 10.6. The summed E-state index contributed by atoms with van der Waals surface area (Å²) in [5, 5.41) is 3.88. The molecule has 4 heterocycles. The summed E-state index contributed by atoms with van der Waals surface area (Å²) in [5.41, 5.74) is 1.87. The molecular formula is C30H29Cl2N7O3. The van der Waals surface area contributed by atoms with Crippen molar-refractivity contribution in [3.8, 4) is 17.3 Å². The minimum absolute atomic E-state index is 0.146. The number of benzene rings is 2. The molecule has 216 valence electrons. The van der Waals surface area contributed by atoms with Crippen molar-refractivity contribution >= 4 is 52.3 Å². The highest BCUT2D eigenvalue weighted by Crippen LogP contribution is 2.55. The largest absolute Gasteiger partial charge is 0.480 e. The van der Waals surface area contributed by atoms with E-state index in [1.165, 1.54) is 12.0 Å². The number of amides is 2. The Morgan fingerprint density at radius 1 is 1.10 bits per heavy atom. The lowest BCUT2D eigenvalue weighted by molar-refractivity contribution is -0.119. The summed E-state index contributed by atoms with van der Waals surface area (Å²) < 4.78 is 7.59. The first-order valence-corrected chi connectivity index (χ1v) is 14.3. The van der Waals surface area contributed by atoms with Gasteiger partial charge in [-0.1, -0.05) is 35.3 Å². The molecule has 2 aliphatic heterocycles. The summed E-state index contributed by atoms with van der Waals surface area (Å²) in [5.74, 6) is 0.379. The van der Waals surface area contributed by atoms with Crippen LogP contribution in [0.25, 0.3) is 11.4 Å². The van der Waals surface area contributed by atoms with E-state index in [1.54, 1.807) is 36.5 Å². The molecule has 4 aromatic rings. The Morgan fingerprint density at radius 2 is 1.81 bits per heavy atom. The number of methoxy groups -OCH3 is 1. The van der Waals surface area contributed by atoms with Crippen molar-refractivity contribution in [2.45, 2.75) is 39.3 Å². The molecule has 0 bridgehead atoms. The van der Waals surface area contributed by atoms with Gasteiger partial charge in [-0.15, -0.1) is 0 Å². The van der Waals surface area contributed by atoms with Crippen molar-refractivity contribution in [3.63, 3.8) is 0 Å². The number of nitrogens with one attached hydrogen (secondary N) is 1. The fraction of sp³-hybridized carbons (Fsp3) is 0.300. The highest BCUT2D eigenvalue weighted by Gasteiger charge is 2.64. The zero-order chi connectivity index (χ0) is 30.1. The Labute approximate surface area is 253 Å². The van der Waals surface area contributed by atoms with E-state index in [2.05, 4.69) is 15.3 Å². The monoisotopic (exact) mass is 605 g/mol. The number of aryl methyl sites for hydroxylation is 1. The lowest BCUT2D eigenvalue weighted by atomic mass is 9.86. The first-order chi connectivity index (χ1) is 20.0. The molecule has 2 aromatic carbocycles. The van der Waals surface area contributed by atoms with Crippen LogP contribution in [0.3, 0.4) is 0 Å². The van der Waals surface area contributed by atoms with Crippen LogP contribution in [0.2, 0.25) is 10.0 Å². The SMILES string of the molecule is CCN(C)c1ncc(-c2nc3c(n2C(C)C)C2(C(=O)Nc4cc(Cl)ccc42)N(c2cc(Cl)ccc2C)C3=O)c(OC)n1. The van der Waals surface area contributed by atoms with Gasteiger partial charge in [0.25, 0.3) is 11.8 Å². The van der Waals surface area contributed by atoms with Gasteiger partial charge >= 0.3 is 0 Å². The second kappa shape index (κ2) is 9.99. The van der Waals surface area contributed by atoms with Crippen molar-refractivity contribution in [1.29, 1.82) is 0 Å². The number of hydrogen-bond donors (Lipinski definition) is 1. The van der Waals surface area contributed by atoms with Crippen LogP contribution in [0, 0.1) is 6.92 Å². The first kappa shape index (κ1) is 28.0. The van der Waals surface area contributed by atoms with Gasteiger partial charge in [0.15, 0.2) is 11.2 Å². The predicted molar refractivity (Wildman–Crippen MR) is 163 cm³/mol. The number of hydrogen-bond acceptors (Lipinski definition) is 7. The number of rotatable bonds is 6. The van der Waals surface area contributed by atoms with Gasteiger partial charge in [-0.3, -0.25) is 14.5 Å². The molecule has 2 amide bonds. The Balaban J connectivity index is 1.70. The molecule has 0 saturated carbocycles. The Hall–Kier alpha value is -4.15. The molecule has 6 rings (SSSR count). The van der Waals surface area contributed by atoms with Gasteiger partial charge in [0.1, 0.15) is 5.82 Å². The number of nitrogens with zero attached hydrogens (tertiary/aromatic N) is 6. The summed E-state index contributed by atoms with van der Waals surface area (Å²) in [6, 6.07) is 10.2. The van der Waals surface area contributed by atoms with Crippen LogP contribution < -0.4 is 19.9 Å². The Morgan fingerprint density at radius 3 is 2.50 bits per heavy atom. The molecule has 0 radical (unpaired) electrons. The topological polar surface area (TPSA) is 105 Å². The molecule has 1 atom stereocenters. The Bertz CT molecular complexity index is 1790. The van der Waals surface area contributed by atoms with Gasteiger partial charge < -0.3 is 19.5 Å². The van der Waals surface area contributed by atoms with Gasteiger partial charge in [0, 0.05) is 47.1 Å². The fourth-order valence-corrected chi connectivity index (χ4v) is 6.16. The van der Waals surface area contributed by atoms with Crippen molar-refractivity contribution in [2.24, 2.45) is 0 Å². The van der Waals surface area contributed by atoms with Gasteiger partial charge in [-0.05, 0) is 57.5 Å². The van der Waals surface area contributed by atoms with Crippen LogP contribution in [-0.2, 0) is 10.3 Å². The third-order valence-electron chi connectivity index (χ3n) is 7.86. The van der Waals surface area contributed by atoms with E-state index in [0.29, 0.717) is 62.4 Å². The van der Waals surface area contributed by atoms with E-state index in [1.807, 2.05) is 50.3 Å². The molecule has 1 unspecified atom stereocenters. The number of halogens is 2. The van der Waals surface area contributed by atoms with E-state index in [9.17, 15) is 9.59 Å². The van der Waals surface area contributed by atoms with Gasteiger partial charge in [0.05, 0.1) is 24.1 Å². The lowest BCUT2D eigenvalue weighted by Gasteiger charge is -2.36. The molecule has 12 heteroatoms. The summed E-state index contributed by atoms with van der Waals surface area (Å²) in [6.07, 6.45) is 1.64. The molecule has 0 fully saturated rings. The second-order valence-corrected chi connectivity index (χ2v) is 11.5. The van der Waals surface area contributed by atoms with Crippen molar-refractivity contribution < 1.29 is 14.3 Å². The van der Waals surface area contributed by atoms with Crippen LogP contribution in [-0.4, -0.2) is 52.0 Å². The summed E-state index contributed by atoms with van der Waals surface area (Å²) in [4.78, 5) is 46.4. The van der Waals surface area contributed by atoms with E-state index >= 15 is 0 Å². The van der Waals surface area contributed by atoms with Crippen LogP contribution >= 0.6 is 23.2 Å². The average molecular weight is 607 g/mol. The van der Waals surface area contributed by atoms with E-state index in [0.717, 1.165) is 5.56 Å². The maximum atomic E-state index is 14.5. The number of ether oxygens (including phenoxy) is 1. The smallest absolute Gasteiger partial charge is 0.280 e. The van der Waals surface area contributed by atoms with E-state index in [4.69, 9.17) is 32.9 Å². The minimum Gasteiger partial charge on any atom is -0.480 e. The zero-order valence-corrected chi connectivity index (χ0v) is 25.5. The number of fused-ring (bicyclic) bond motifs is 4. The quantitative estimate of drug-likeness (QED) is 0.293. The zero-order valence-electron chi connectivity index (χ0n) is 24.0. The molecule has 1 spiro atoms. The van der Waals surface area contributed by atoms with Crippen LogP contribution in [0.1, 0.15) is 54.1 Å². The summed E-state index contributed by atoms with van der Waals surface area (Å²) in [7, 11) is 3.41. The molecule has 10 nitrogen and oxygen atoms in total. The third kappa shape index (κ3) is 3.81. The molecule has 2 aromatic heterocycles. The maximum absolute atomic E-state index is 14.5. The first-order valence-electron chi connectivity index (χ1n) is 13.5. The Kier molecular flexibility index (Phi) is 6.66. The van der Waals surface area contributed by atoms with Gasteiger partial charge in [0.2, 0.25) is 11.8 Å². The van der Waals surface area contributed by atoms with Crippen LogP contribution in [0.15, 0.2) is 42.6 Å². The van der Waals surface area contributed by atoms with Crippen molar-refractivity contribution in [1.82, 2.24) is 19.5 Å². The van der Waals surface area contributed by atoms with Crippen LogP contribution in [0.4, 0.5) is 17.3 Å². The van der Waals surface area contributed by atoms with E-state index in [-0.39, 0.29) is 11.7 Å². The van der Waals surface area contributed by atoms with Crippen LogP contribution in [0.5, 0.6) is 5.88 Å². The molecule has 2 aliphatic rings. The third-order valence-corrected chi connectivity index (χ3v) is 8.33. The molecule has 0 aliphatic carbocycles.